The summed E-state index contributed by atoms with van der Waals surface area (Å²) in [5.74, 6) is 0.610. The first-order chi connectivity index (χ1) is 12.5. The summed E-state index contributed by atoms with van der Waals surface area (Å²) in [6, 6.07) is 12.9. The Labute approximate surface area is 161 Å². The summed E-state index contributed by atoms with van der Waals surface area (Å²) >= 11 is 7.74. The Balaban J connectivity index is 2.00. The number of likely N-dealkylation sites (N-methyl/N-ethyl adjacent to an activating group) is 1. The number of halogens is 1. The van der Waals surface area contributed by atoms with Crippen LogP contribution >= 0.6 is 22.9 Å². The second-order valence-electron chi connectivity index (χ2n) is 6.22. The number of aromatic nitrogens is 1. The highest BCUT2D eigenvalue weighted by Crippen LogP contribution is 2.32. The molecule has 0 aliphatic carbocycles. The third-order valence-electron chi connectivity index (χ3n) is 4.00. The van der Waals surface area contributed by atoms with E-state index in [0.29, 0.717) is 22.3 Å². The van der Waals surface area contributed by atoms with Crippen LogP contribution in [0.4, 0.5) is 5.13 Å². The highest BCUT2D eigenvalue weighted by molar-refractivity contribution is 7.22. The molecule has 1 N–H and O–H groups in total. The number of carbonyl (C=O) groups is 1. The molecule has 3 aromatic rings. The van der Waals surface area contributed by atoms with Gasteiger partial charge in [-0.1, -0.05) is 35.1 Å². The van der Waals surface area contributed by atoms with Crippen molar-refractivity contribution in [2.45, 2.75) is 0 Å². The number of rotatable bonds is 6. The van der Waals surface area contributed by atoms with Gasteiger partial charge in [0.1, 0.15) is 5.75 Å². The third-order valence-corrected chi connectivity index (χ3v) is 5.39. The van der Waals surface area contributed by atoms with Crippen LogP contribution in [-0.2, 0) is 0 Å². The molecule has 7 heteroatoms. The summed E-state index contributed by atoms with van der Waals surface area (Å²) in [4.78, 5) is 20.8. The number of anilines is 1. The van der Waals surface area contributed by atoms with E-state index in [2.05, 4.69) is 19.1 Å². The molecule has 0 fully saturated rings. The monoisotopic (exact) mass is 390 g/mol. The highest BCUT2D eigenvalue weighted by atomic mass is 35.5. The largest absolute Gasteiger partial charge is 0.497 e. The summed E-state index contributed by atoms with van der Waals surface area (Å²) in [6.07, 6.45) is 0. The lowest BCUT2D eigenvalue weighted by Gasteiger charge is -2.21. The molecule has 0 saturated heterocycles. The number of methoxy groups -OCH3 is 1. The standard InChI is InChI=1S/C19H20ClN3O2S/c1-22(2)10-11-23(18(24)14-6-4-5-7-15(14)20)19-21-16-12-13(25-3)8-9-17(16)26-19/h4-9,12H,10-11H2,1-3H3/p+1. The Morgan fingerprint density at radius 2 is 2.04 bits per heavy atom. The smallest absolute Gasteiger partial charge is 0.261 e. The van der Waals surface area contributed by atoms with E-state index in [0.717, 1.165) is 22.5 Å². The molecule has 0 radical (unpaired) electrons. The van der Waals surface area contributed by atoms with Crippen molar-refractivity contribution < 1.29 is 14.4 Å². The van der Waals surface area contributed by atoms with Gasteiger partial charge in [-0.2, -0.15) is 0 Å². The van der Waals surface area contributed by atoms with Crippen LogP contribution in [0.2, 0.25) is 5.02 Å². The quantitative estimate of drug-likeness (QED) is 0.704. The van der Waals surface area contributed by atoms with Crippen LogP contribution < -0.4 is 14.5 Å². The number of amides is 1. The van der Waals surface area contributed by atoms with E-state index < -0.39 is 0 Å². The molecule has 0 unspecified atom stereocenters. The number of nitrogens with zero attached hydrogens (tertiary/aromatic N) is 2. The third kappa shape index (κ3) is 3.98. The molecule has 0 aliphatic heterocycles. The van der Waals surface area contributed by atoms with Crippen molar-refractivity contribution in [2.75, 3.05) is 39.2 Å². The molecule has 0 atom stereocenters. The number of hydrogen-bond donors (Lipinski definition) is 1. The SMILES string of the molecule is COc1ccc2sc(N(CC[NH+](C)C)C(=O)c3ccccc3Cl)nc2c1. The topological polar surface area (TPSA) is 46.9 Å². The van der Waals surface area contributed by atoms with Gasteiger partial charge in [-0.15, -0.1) is 0 Å². The van der Waals surface area contributed by atoms with Gasteiger partial charge in [0.15, 0.2) is 5.13 Å². The van der Waals surface area contributed by atoms with Crippen LogP contribution in [0, 0.1) is 0 Å². The number of thiazole rings is 1. The number of carbonyl (C=O) groups excluding carboxylic acids is 1. The van der Waals surface area contributed by atoms with Crippen molar-refractivity contribution >= 4 is 44.2 Å². The molecule has 1 amide bonds. The number of fused-ring (bicyclic) bond motifs is 1. The molecule has 0 aliphatic rings. The first-order valence-electron chi connectivity index (χ1n) is 8.29. The maximum atomic E-state index is 13.2. The lowest BCUT2D eigenvalue weighted by Crippen LogP contribution is -3.06. The molecular formula is C19H21ClN3O2S+. The van der Waals surface area contributed by atoms with Gasteiger partial charge in [0.25, 0.3) is 5.91 Å². The maximum Gasteiger partial charge on any atom is 0.261 e. The zero-order valence-corrected chi connectivity index (χ0v) is 16.5. The maximum absolute atomic E-state index is 13.2. The van der Waals surface area contributed by atoms with Crippen LogP contribution in [0.3, 0.4) is 0 Å². The molecule has 1 heterocycles. The van der Waals surface area contributed by atoms with Crippen molar-refractivity contribution in [3.63, 3.8) is 0 Å². The van der Waals surface area contributed by atoms with Gasteiger partial charge in [0, 0.05) is 6.07 Å². The van der Waals surface area contributed by atoms with E-state index in [4.69, 9.17) is 16.3 Å². The Morgan fingerprint density at radius 1 is 1.27 bits per heavy atom. The molecule has 3 rings (SSSR count). The van der Waals surface area contributed by atoms with Gasteiger partial charge in [-0.3, -0.25) is 9.69 Å². The van der Waals surface area contributed by atoms with Crippen LogP contribution in [-0.4, -0.2) is 45.2 Å². The second kappa shape index (κ2) is 8.03. The first-order valence-corrected chi connectivity index (χ1v) is 9.49. The summed E-state index contributed by atoms with van der Waals surface area (Å²) < 4.78 is 6.28. The predicted molar refractivity (Wildman–Crippen MR) is 107 cm³/mol. The van der Waals surface area contributed by atoms with Crippen LogP contribution in [0.1, 0.15) is 10.4 Å². The van der Waals surface area contributed by atoms with Crippen molar-refractivity contribution in [1.29, 1.82) is 0 Å². The number of hydrogen-bond acceptors (Lipinski definition) is 4. The van der Waals surface area contributed by atoms with Gasteiger partial charge in [-0.25, -0.2) is 4.98 Å². The number of benzene rings is 2. The molecule has 136 valence electrons. The van der Waals surface area contributed by atoms with Crippen molar-refractivity contribution in [1.82, 2.24) is 4.98 Å². The van der Waals surface area contributed by atoms with Gasteiger partial charge in [0.2, 0.25) is 0 Å². The average Bonchev–Trinajstić information content (AvgIpc) is 3.04. The Bertz CT molecular complexity index is 926. The summed E-state index contributed by atoms with van der Waals surface area (Å²) in [5.41, 5.74) is 1.30. The van der Waals surface area contributed by atoms with E-state index in [1.54, 1.807) is 24.1 Å². The predicted octanol–water partition coefficient (Wildman–Crippen LogP) is 2.75. The van der Waals surface area contributed by atoms with Gasteiger partial charge >= 0.3 is 0 Å². The summed E-state index contributed by atoms with van der Waals surface area (Å²) in [5, 5.41) is 1.11. The van der Waals surface area contributed by atoms with E-state index in [9.17, 15) is 4.79 Å². The highest BCUT2D eigenvalue weighted by Gasteiger charge is 2.23. The average molecular weight is 391 g/mol. The summed E-state index contributed by atoms with van der Waals surface area (Å²) in [6.45, 7) is 1.36. The van der Waals surface area contributed by atoms with E-state index >= 15 is 0 Å². The molecule has 0 saturated carbocycles. The fourth-order valence-electron chi connectivity index (χ4n) is 2.54. The minimum Gasteiger partial charge on any atom is -0.497 e. The second-order valence-corrected chi connectivity index (χ2v) is 7.64. The number of nitrogens with one attached hydrogen (secondary N) is 1. The van der Waals surface area contributed by atoms with Crippen molar-refractivity contribution in [3.05, 3.63) is 53.1 Å². The Hall–Kier alpha value is -2.15. The molecule has 0 spiro atoms. The zero-order valence-electron chi connectivity index (χ0n) is 15.0. The van der Waals surface area contributed by atoms with Crippen LogP contribution in [0.5, 0.6) is 5.75 Å². The summed E-state index contributed by atoms with van der Waals surface area (Å²) in [7, 11) is 5.74. The van der Waals surface area contributed by atoms with Crippen molar-refractivity contribution in [2.24, 2.45) is 0 Å². The minimum atomic E-state index is -0.136. The molecular weight excluding hydrogens is 370 g/mol. The van der Waals surface area contributed by atoms with E-state index in [1.807, 2.05) is 30.3 Å². The zero-order chi connectivity index (χ0) is 18.7. The molecule has 1 aromatic heterocycles. The molecule has 0 bridgehead atoms. The Morgan fingerprint density at radius 3 is 2.73 bits per heavy atom. The number of quaternary nitrogens is 1. The van der Waals surface area contributed by atoms with Gasteiger partial charge in [0.05, 0.1) is 55.1 Å². The lowest BCUT2D eigenvalue weighted by molar-refractivity contribution is -0.856. The molecule has 26 heavy (non-hydrogen) atoms. The minimum absolute atomic E-state index is 0.136. The van der Waals surface area contributed by atoms with Crippen LogP contribution in [0.25, 0.3) is 10.2 Å². The normalized spacial score (nSPS) is 11.1. The van der Waals surface area contributed by atoms with Crippen LogP contribution in [0.15, 0.2) is 42.5 Å². The lowest BCUT2D eigenvalue weighted by atomic mass is 10.2. The van der Waals surface area contributed by atoms with E-state index in [1.165, 1.54) is 16.2 Å². The number of ether oxygens (including phenoxy) is 1. The first kappa shape index (κ1) is 18.6. The van der Waals surface area contributed by atoms with E-state index in [-0.39, 0.29) is 5.91 Å². The van der Waals surface area contributed by atoms with Gasteiger partial charge in [-0.05, 0) is 24.3 Å². The molecule has 2 aromatic carbocycles. The van der Waals surface area contributed by atoms with Gasteiger partial charge < -0.3 is 9.64 Å². The van der Waals surface area contributed by atoms with Crippen molar-refractivity contribution in [3.8, 4) is 5.75 Å². The Kier molecular flexibility index (Phi) is 5.76. The fourth-order valence-corrected chi connectivity index (χ4v) is 3.72. The fraction of sp³-hybridized carbons (Fsp3) is 0.263. The molecule has 5 nitrogen and oxygen atoms in total.